The van der Waals surface area contributed by atoms with Gasteiger partial charge in [0.1, 0.15) is 0 Å². The minimum atomic E-state index is 0.461. The van der Waals surface area contributed by atoms with Crippen LogP contribution in [0.3, 0.4) is 0 Å². The first-order chi connectivity index (χ1) is 7.08. The maximum Gasteiger partial charge on any atom is 0.0724 e. The third-order valence-electron chi connectivity index (χ3n) is 2.11. The fourth-order valence-electron chi connectivity index (χ4n) is 1.40. The Morgan fingerprint density at radius 1 is 1.33 bits per heavy atom. The summed E-state index contributed by atoms with van der Waals surface area (Å²) in [6.07, 6.45) is 3.62. The number of hydrogen-bond acceptors (Lipinski definition) is 4. The van der Waals surface area contributed by atoms with Crippen LogP contribution in [0.1, 0.15) is 18.3 Å². The lowest BCUT2D eigenvalue weighted by atomic mass is 10.3. The van der Waals surface area contributed by atoms with Gasteiger partial charge >= 0.3 is 0 Å². The van der Waals surface area contributed by atoms with Crippen LogP contribution in [0.2, 0.25) is 0 Å². The molecule has 0 aromatic carbocycles. The molecule has 1 atom stereocenters. The van der Waals surface area contributed by atoms with Gasteiger partial charge in [0.2, 0.25) is 0 Å². The molecule has 84 valence electrons. The molecule has 4 nitrogen and oxygen atoms in total. The van der Waals surface area contributed by atoms with Gasteiger partial charge in [-0.1, -0.05) is 0 Å². The normalized spacial score (nSPS) is 13.1. The van der Waals surface area contributed by atoms with Gasteiger partial charge in [-0.2, -0.15) is 0 Å². The minimum absolute atomic E-state index is 0.461. The second-order valence-electron chi connectivity index (χ2n) is 4.19. The highest BCUT2D eigenvalue weighted by atomic mass is 15.1. The minimum Gasteiger partial charge on any atom is -0.308 e. The van der Waals surface area contributed by atoms with Crippen LogP contribution in [0, 0.1) is 6.92 Å². The number of aromatic nitrogens is 2. The van der Waals surface area contributed by atoms with Gasteiger partial charge in [-0.15, -0.1) is 0 Å². The van der Waals surface area contributed by atoms with E-state index in [1.165, 1.54) is 0 Å². The molecule has 4 heteroatoms. The molecule has 0 fully saturated rings. The van der Waals surface area contributed by atoms with Crippen molar-refractivity contribution in [3.63, 3.8) is 0 Å². The third kappa shape index (κ3) is 4.85. The van der Waals surface area contributed by atoms with Crippen LogP contribution < -0.4 is 5.32 Å². The zero-order chi connectivity index (χ0) is 11.3. The van der Waals surface area contributed by atoms with E-state index in [2.05, 4.69) is 41.2 Å². The molecule has 0 saturated carbocycles. The molecule has 0 aliphatic rings. The summed E-state index contributed by atoms with van der Waals surface area (Å²) < 4.78 is 0. The first-order valence-electron chi connectivity index (χ1n) is 5.23. The van der Waals surface area contributed by atoms with Crippen molar-refractivity contribution in [1.82, 2.24) is 20.2 Å². The molecule has 1 aromatic rings. The lowest BCUT2D eigenvalue weighted by Crippen LogP contribution is -2.35. The fourth-order valence-corrected chi connectivity index (χ4v) is 1.40. The standard InChI is InChI=1S/C11H20N4/c1-9-5-14-11(6-12-9)7-13-10(2)8-15(3)4/h5-6,10,13H,7-8H2,1-4H3. The Balaban J connectivity index is 2.33. The quantitative estimate of drug-likeness (QED) is 0.778. The van der Waals surface area contributed by atoms with Crippen molar-refractivity contribution in [1.29, 1.82) is 0 Å². The highest BCUT2D eigenvalue weighted by molar-refractivity contribution is 5.00. The fraction of sp³-hybridized carbons (Fsp3) is 0.636. The van der Waals surface area contributed by atoms with E-state index >= 15 is 0 Å². The van der Waals surface area contributed by atoms with Crippen molar-refractivity contribution in [2.45, 2.75) is 26.4 Å². The molecule has 0 radical (unpaired) electrons. The van der Waals surface area contributed by atoms with E-state index in [9.17, 15) is 0 Å². The van der Waals surface area contributed by atoms with E-state index in [4.69, 9.17) is 0 Å². The molecule has 15 heavy (non-hydrogen) atoms. The molecule has 0 aliphatic carbocycles. The van der Waals surface area contributed by atoms with Crippen LogP contribution >= 0.6 is 0 Å². The molecule has 0 bridgehead atoms. The Bertz CT molecular complexity index is 281. The van der Waals surface area contributed by atoms with Crippen molar-refractivity contribution in [3.05, 3.63) is 23.8 Å². The van der Waals surface area contributed by atoms with E-state index < -0.39 is 0 Å². The summed E-state index contributed by atoms with van der Waals surface area (Å²) in [4.78, 5) is 10.7. The lowest BCUT2D eigenvalue weighted by Gasteiger charge is -2.17. The molecular formula is C11H20N4. The zero-order valence-corrected chi connectivity index (χ0v) is 9.99. The first-order valence-corrected chi connectivity index (χ1v) is 5.23. The van der Waals surface area contributed by atoms with E-state index in [1.807, 2.05) is 13.1 Å². The van der Waals surface area contributed by atoms with E-state index in [-0.39, 0.29) is 0 Å². The van der Waals surface area contributed by atoms with Gasteiger partial charge in [-0.25, -0.2) is 0 Å². The number of nitrogens with zero attached hydrogens (tertiary/aromatic N) is 3. The van der Waals surface area contributed by atoms with Crippen LogP contribution in [0.25, 0.3) is 0 Å². The van der Waals surface area contributed by atoms with Crippen molar-refractivity contribution < 1.29 is 0 Å². The molecule has 0 spiro atoms. The van der Waals surface area contributed by atoms with Crippen molar-refractivity contribution in [2.75, 3.05) is 20.6 Å². The predicted octanol–water partition coefficient (Wildman–Crippen LogP) is 0.825. The van der Waals surface area contributed by atoms with Crippen molar-refractivity contribution in [3.8, 4) is 0 Å². The van der Waals surface area contributed by atoms with E-state index in [0.717, 1.165) is 24.5 Å². The smallest absolute Gasteiger partial charge is 0.0724 e. The average molecular weight is 208 g/mol. The van der Waals surface area contributed by atoms with Gasteiger partial charge in [-0.3, -0.25) is 9.97 Å². The zero-order valence-electron chi connectivity index (χ0n) is 9.99. The van der Waals surface area contributed by atoms with E-state index in [0.29, 0.717) is 6.04 Å². The lowest BCUT2D eigenvalue weighted by molar-refractivity contribution is 0.348. The van der Waals surface area contributed by atoms with Crippen LogP contribution in [0.15, 0.2) is 12.4 Å². The van der Waals surface area contributed by atoms with Crippen LogP contribution in [0.4, 0.5) is 0 Å². The van der Waals surface area contributed by atoms with Crippen molar-refractivity contribution >= 4 is 0 Å². The summed E-state index contributed by atoms with van der Waals surface area (Å²) in [6.45, 7) is 5.92. The maximum absolute atomic E-state index is 4.29. The Morgan fingerprint density at radius 2 is 2.07 bits per heavy atom. The summed E-state index contributed by atoms with van der Waals surface area (Å²) >= 11 is 0. The summed E-state index contributed by atoms with van der Waals surface area (Å²) in [5.41, 5.74) is 1.95. The largest absolute Gasteiger partial charge is 0.308 e. The van der Waals surface area contributed by atoms with Gasteiger partial charge in [0, 0.05) is 31.5 Å². The van der Waals surface area contributed by atoms with Gasteiger partial charge < -0.3 is 10.2 Å². The van der Waals surface area contributed by atoms with Crippen LogP contribution in [-0.4, -0.2) is 41.5 Å². The SMILES string of the molecule is Cc1cnc(CNC(C)CN(C)C)cn1. The maximum atomic E-state index is 4.29. The molecule has 1 N–H and O–H groups in total. The number of aryl methyl sites for hydroxylation is 1. The van der Waals surface area contributed by atoms with Gasteiger partial charge in [-0.05, 0) is 27.9 Å². The monoisotopic (exact) mass is 208 g/mol. The Morgan fingerprint density at radius 3 is 2.60 bits per heavy atom. The molecule has 1 unspecified atom stereocenters. The number of rotatable bonds is 5. The van der Waals surface area contributed by atoms with Crippen LogP contribution in [-0.2, 0) is 6.54 Å². The highest BCUT2D eigenvalue weighted by Crippen LogP contribution is 1.94. The number of nitrogens with one attached hydrogen (secondary N) is 1. The summed E-state index contributed by atoms with van der Waals surface area (Å²) in [5.74, 6) is 0. The predicted molar refractivity (Wildman–Crippen MR) is 61.6 cm³/mol. The van der Waals surface area contributed by atoms with Gasteiger partial charge in [0.15, 0.2) is 0 Å². The molecule has 1 rings (SSSR count). The van der Waals surface area contributed by atoms with Gasteiger partial charge in [0.25, 0.3) is 0 Å². The van der Waals surface area contributed by atoms with Crippen LogP contribution in [0.5, 0.6) is 0 Å². The molecule has 0 saturated heterocycles. The average Bonchev–Trinajstić information content (AvgIpc) is 2.16. The molecule has 1 heterocycles. The van der Waals surface area contributed by atoms with E-state index in [1.54, 1.807) is 6.20 Å². The highest BCUT2D eigenvalue weighted by Gasteiger charge is 2.03. The second kappa shape index (κ2) is 5.78. The summed E-state index contributed by atoms with van der Waals surface area (Å²) in [6, 6.07) is 0.461. The summed E-state index contributed by atoms with van der Waals surface area (Å²) in [5, 5.41) is 3.41. The van der Waals surface area contributed by atoms with Crippen molar-refractivity contribution in [2.24, 2.45) is 0 Å². The molecule has 0 aliphatic heterocycles. The topological polar surface area (TPSA) is 41.1 Å². The van der Waals surface area contributed by atoms with Gasteiger partial charge in [0.05, 0.1) is 11.4 Å². The number of hydrogen-bond donors (Lipinski definition) is 1. The molecule has 1 aromatic heterocycles. The Labute approximate surface area is 91.7 Å². The Hall–Kier alpha value is -1.00. The molecule has 0 amide bonds. The first kappa shape index (κ1) is 12.1. The number of likely N-dealkylation sites (N-methyl/N-ethyl adjacent to an activating group) is 1. The Kier molecular flexibility index (Phi) is 4.65. The third-order valence-corrected chi connectivity index (χ3v) is 2.11. The summed E-state index contributed by atoms with van der Waals surface area (Å²) in [7, 11) is 4.15. The molecular weight excluding hydrogens is 188 g/mol. The second-order valence-corrected chi connectivity index (χ2v) is 4.19.